The van der Waals surface area contributed by atoms with E-state index in [2.05, 4.69) is 34.8 Å². The predicted octanol–water partition coefficient (Wildman–Crippen LogP) is 3.59. The topological polar surface area (TPSA) is 12.9 Å². The van der Waals surface area contributed by atoms with Crippen LogP contribution in [0.3, 0.4) is 0 Å². The van der Waals surface area contributed by atoms with Gasteiger partial charge in [-0.3, -0.25) is 0 Å². The first-order valence-corrected chi connectivity index (χ1v) is 5.94. The average Bonchev–Trinajstić information content (AvgIpc) is 2.43. The maximum atomic E-state index is 4.53. The van der Waals surface area contributed by atoms with E-state index < -0.39 is 0 Å². The number of rotatable bonds is 1. The van der Waals surface area contributed by atoms with Crippen LogP contribution < -0.4 is 0 Å². The summed E-state index contributed by atoms with van der Waals surface area (Å²) in [4.78, 5) is 6.03. The molecule has 3 heteroatoms. The summed E-state index contributed by atoms with van der Waals surface area (Å²) in [6.07, 6.45) is 2.54. The number of hydrogen-bond donors (Lipinski definition) is 0. The second-order valence-corrected chi connectivity index (χ2v) is 6.02. The SMILES string of the molecule is CC(C)[C@@H]1CCc2sc(Br)nc21. The molecule has 0 saturated carbocycles. The third kappa shape index (κ3) is 1.33. The molecule has 0 spiro atoms. The maximum absolute atomic E-state index is 4.53. The molecule has 0 saturated heterocycles. The monoisotopic (exact) mass is 245 g/mol. The highest BCUT2D eigenvalue weighted by atomic mass is 79.9. The molecule has 0 radical (unpaired) electrons. The molecular weight excluding hydrogens is 234 g/mol. The van der Waals surface area contributed by atoms with Gasteiger partial charge in [-0.15, -0.1) is 11.3 Å². The van der Waals surface area contributed by atoms with E-state index in [1.54, 1.807) is 11.3 Å². The van der Waals surface area contributed by atoms with Crippen molar-refractivity contribution in [3.63, 3.8) is 0 Å². The van der Waals surface area contributed by atoms with Crippen molar-refractivity contribution in [2.45, 2.75) is 32.6 Å². The zero-order valence-electron chi connectivity index (χ0n) is 7.30. The highest BCUT2D eigenvalue weighted by molar-refractivity contribution is 9.11. The third-order valence-corrected chi connectivity index (χ3v) is 4.12. The number of aryl methyl sites for hydroxylation is 1. The fraction of sp³-hybridized carbons (Fsp3) is 0.667. The lowest BCUT2D eigenvalue weighted by molar-refractivity contribution is 0.487. The Morgan fingerprint density at radius 2 is 2.33 bits per heavy atom. The summed E-state index contributed by atoms with van der Waals surface area (Å²) in [5.41, 5.74) is 1.36. The summed E-state index contributed by atoms with van der Waals surface area (Å²) in [5, 5.41) is 0. The molecule has 0 aromatic carbocycles. The zero-order chi connectivity index (χ0) is 8.72. The number of fused-ring (bicyclic) bond motifs is 1. The maximum Gasteiger partial charge on any atom is 0.159 e. The molecule has 0 aliphatic heterocycles. The van der Waals surface area contributed by atoms with Gasteiger partial charge in [0.2, 0.25) is 0 Å². The predicted molar refractivity (Wildman–Crippen MR) is 55.7 cm³/mol. The summed E-state index contributed by atoms with van der Waals surface area (Å²) in [6, 6.07) is 0. The number of hydrogen-bond acceptors (Lipinski definition) is 2. The van der Waals surface area contributed by atoms with Gasteiger partial charge in [0, 0.05) is 10.8 Å². The van der Waals surface area contributed by atoms with Gasteiger partial charge in [-0.05, 0) is 34.7 Å². The molecule has 0 bridgehead atoms. The summed E-state index contributed by atoms with van der Waals surface area (Å²) < 4.78 is 1.05. The van der Waals surface area contributed by atoms with Crippen molar-refractivity contribution in [1.29, 1.82) is 0 Å². The number of nitrogens with zero attached hydrogens (tertiary/aromatic N) is 1. The minimum Gasteiger partial charge on any atom is -0.234 e. The molecule has 12 heavy (non-hydrogen) atoms. The molecule has 1 aromatic heterocycles. The van der Waals surface area contributed by atoms with E-state index in [9.17, 15) is 0 Å². The normalized spacial score (nSPS) is 21.8. The molecule has 0 fully saturated rings. The van der Waals surface area contributed by atoms with Crippen molar-refractivity contribution in [2.24, 2.45) is 5.92 Å². The average molecular weight is 246 g/mol. The van der Waals surface area contributed by atoms with Gasteiger partial charge in [-0.25, -0.2) is 4.98 Å². The van der Waals surface area contributed by atoms with E-state index >= 15 is 0 Å². The van der Waals surface area contributed by atoms with Crippen LogP contribution in [0.5, 0.6) is 0 Å². The highest BCUT2D eigenvalue weighted by Gasteiger charge is 2.28. The van der Waals surface area contributed by atoms with E-state index in [4.69, 9.17) is 0 Å². The first-order chi connectivity index (χ1) is 5.68. The van der Waals surface area contributed by atoms with Crippen LogP contribution in [-0.2, 0) is 6.42 Å². The quantitative estimate of drug-likeness (QED) is 0.737. The molecule has 1 aromatic rings. The van der Waals surface area contributed by atoms with Gasteiger partial charge in [-0.2, -0.15) is 0 Å². The van der Waals surface area contributed by atoms with E-state index in [0.29, 0.717) is 5.92 Å². The van der Waals surface area contributed by atoms with E-state index in [1.165, 1.54) is 23.4 Å². The summed E-state index contributed by atoms with van der Waals surface area (Å²) in [5.74, 6) is 1.45. The van der Waals surface area contributed by atoms with Crippen LogP contribution in [0.25, 0.3) is 0 Å². The molecule has 1 nitrogen and oxygen atoms in total. The minimum atomic E-state index is 0.711. The standard InChI is InChI=1S/C9H12BrNS/c1-5(2)6-3-4-7-8(6)11-9(10)12-7/h5-6H,3-4H2,1-2H3/t6-/m0/s1. The van der Waals surface area contributed by atoms with Gasteiger partial charge >= 0.3 is 0 Å². The first-order valence-electron chi connectivity index (χ1n) is 4.33. The highest BCUT2D eigenvalue weighted by Crippen LogP contribution is 2.41. The Bertz CT molecular complexity index is 293. The fourth-order valence-corrected chi connectivity index (χ4v) is 3.52. The number of halogens is 1. The summed E-state index contributed by atoms with van der Waals surface area (Å²) in [7, 11) is 0. The van der Waals surface area contributed by atoms with Crippen molar-refractivity contribution in [1.82, 2.24) is 4.98 Å². The Morgan fingerprint density at radius 3 is 3.00 bits per heavy atom. The molecule has 1 atom stereocenters. The van der Waals surface area contributed by atoms with Crippen LogP contribution in [0.2, 0.25) is 0 Å². The molecule has 2 rings (SSSR count). The summed E-state index contributed by atoms with van der Waals surface area (Å²) in [6.45, 7) is 4.57. The molecule has 1 aliphatic carbocycles. The summed E-state index contributed by atoms with van der Waals surface area (Å²) >= 11 is 5.25. The smallest absolute Gasteiger partial charge is 0.159 e. The lowest BCUT2D eigenvalue weighted by Gasteiger charge is -2.12. The molecule has 0 N–H and O–H groups in total. The van der Waals surface area contributed by atoms with Gasteiger partial charge in [0.05, 0.1) is 5.69 Å². The lowest BCUT2D eigenvalue weighted by Crippen LogP contribution is -2.02. The third-order valence-electron chi connectivity index (χ3n) is 2.54. The number of aromatic nitrogens is 1. The van der Waals surface area contributed by atoms with Gasteiger partial charge in [0.15, 0.2) is 3.92 Å². The van der Waals surface area contributed by atoms with Gasteiger partial charge < -0.3 is 0 Å². The van der Waals surface area contributed by atoms with Crippen LogP contribution in [-0.4, -0.2) is 4.98 Å². The second-order valence-electron chi connectivity index (χ2n) is 3.66. The van der Waals surface area contributed by atoms with Crippen LogP contribution in [0, 0.1) is 5.92 Å². The van der Waals surface area contributed by atoms with Crippen molar-refractivity contribution in [3.8, 4) is 0 Å². The number of thiazole rings is 1. The van der Waals surface area contributed by atoms with Crippen LogP contribution in [0.4, 0.5) is 0 Å². The molecule has 1 aliphatic rings. The Hall–Kier alpha value is 0.110. The van der Waals surface area contributed by atoms with Crippen LogP contribution in [0.15, 0.2) is 3.92 Å². The van der Waals surface area contributed by atoms with Gasteiger partial charge in [0.1, 0.15) is 0 Å². The van der Waals surface area contributed by atoms with Crippen LogP contribution >= 0.6 is 27.3 Å². The van der Waals surface area contributed by atoms with E-state index in [0.717, 1.165) is 9.83 Å². The Balaban J connectivity index is 2.34. The largest absolute Gasteiger partial charge is 0.234 e. The molecule has 0 unspecified atom stereocenters. The lowest BCUT2D eigenvalue weighted by atomic mass is 9.94. The molecule has 1 heterocycles. The zero-order valence-corrected chi connectivity index (χ0v) is 9.70. The van der Waals surface area contributed by atoms with E-state index in [1.807, 2.05) is 0 Å². The minimum absolute atomic E-state index is 0.711. The van der Waals surface area contributed by atoms with Gasteiger partial charge in [-0.1, -0.05) is 13.8 Å². The van der Waals surface area contributed by atoms with Crippen molar-refractivity contribution in [2.75, 3.05) is 0 Å². The Kier molecular flexibility index (Phi) is 2.25. The molecule has 0 amide bonds. The van der Waals surface area contributed by atoms with Gasteiger partial charge in [0.25, 0.3) is 0 Å². The molecular formula is C9H12BrNS. The van der Waals surface area contributed by atoms with E-state index in [-0.39, 0.29) is 0 Å². The van der Waals surface area contributed by atoms with Crippen molar-refractivity contribution in [3.05, 3.63) is 14.5 Å². The van der Waals surface area contributed by atoms with Crippen LogP contribution in [0.1, 0.15) is 36.8 Å². The fourth-order valence-electron chi connectivity index (χ4n) is 1.87. The Labute approximate surface area is 85.3 Å². The second kappa shape index (κ2) is 3.11. The first kappa shape index (κ1) is 8.70. The van der Waals surface area contributed by atoms with Crippen molar-refractivity contribution >= 4 is 27.3 Å². The molecule has 66 valence electrons. The van der Waals surface area contributed by atoms with Crippen molar-refractivity contribution < 1.29 is 0 Å². The Morgan fingerprint density at radius 1 is 1.58 bits per heavy atom.